The first-order valence-corrected chi connectivity index (χ1v) is 7.80. The minimum absolute atomic E-state index is 0.734. The lowest BCUT2D eigenvalue weighted by molar-refractivity contribution is 1.18. The molecular weight excluding hydrogens is 294 g/mol. The Bertz CT molecular complexity index is 951. The fourth-order valence-corrected chi connectivity index (χ4v) is 2.72. The van der Waals surface area contributed by atoms with E-state index in [1.54, 1.807) is 0 Å². The van der Waals surface area contributed by atoms with Crippen molar-refractivity contribution >= 4 is 0 Å². The molecule has 2 aromatic heterocycles. The first kappa shape index (κ1) is 14.3. The molecule has 0 saturated carbocycles. The van der Waals surface area contributed by atoms with Gasteiger partial charge in [-0.1, -0.05) is 54.6 Å². The first-order chi connectivity index (χ1) is 11.9. The van der Waals surface area contributed by atoms with Crippen molar-refractivity contribution in [2.24, 2.45) is 0 Å². The smallest absolute Gasteiger partial charge is 0.159 e. The molecule has 0 atom stereocenters. The summed E-state index contributed by atoms with van der Waals surface area (Å²) >= 11 is 0. The van der Waals surface area contributed by atoms with E-state index in [4.69, 9.17) is 4.98 Å². The van der Waals surface area contributed by atoms with E-state index < -0.39 is 0 Å². The molecular formula is C21H15N3. The van der Waals surface area contributed by atoms with Gasteiger partial charge in [0.15, 0.2) is 5.82 Å². The second-order valence-corrected chi connectivity index (χ2v) is 5.41. The van der Waals surface area contributed by atoms with Gasteiger partial charge >= 0.3 is 0 Å². The maximum Gasteiger partial charge on any atom is 0.159 e. The van der Waals surface area contributed by atoms with Crippen LogP contribution in [0.4, 0.5) is 0 Å². The van der Waals surface area contributed by atoms with Crippen molar-refractivity contribution in [2.75, 3.05) is 0 Å². The van der Waals surface area contributed by atoms with Crippen LogP contribution in [0.1, 0.15) is 0 Å². The van der Waals surface area contributed by atoms with Gasteiger partial charge in [-0.15, -0.1) is 0 Å². The second kappa shape index (κ2) is 6.42. The first-order valence-electron chi connectivity index (χ1n) is 7.80. The molecule has 0 fully saturated rings. The van der Waals surface area contributed by atoms with Crippen molar-refractivity contribution < 1.29 is 0 Å². The number of aromatic nitrogens is 3. The van der Waals surface area contributed by atoms with Gasteiger partial charge in [0.25, 0.3) is 0 Å². The minimum atomic E-state index is 0.734. The van der Waals surface area contributed by atoms with Gasteiger partial charge in [-0.3, -0.25) is 4.98 Å². The Morgan fingerprint density at radius 3 is 2.04 bits per heavy atom. The predicted octanol–water partition coefficient (Wildman–Crippen LogP) is 4.87. The monoisotopic (exact) mass is 309 g/mol. The largest absolute Gasteiger partial charge is 0.265 e. The molecule has 2 heterocycles. The molecule has 0 bridgehead atoms. The summed E-state index contributed by atoms with van der Waals surface area (Å²) in [5, 5.41) is 0. The third kappa shape index (κ3) is 2.79. The Morgan fingerprint density at radius 1 is 0.542 bits per heavy atom. The Kier molecular flexibility index (Phi) is 3.82. The van der Waals surface area contributed by atoms with Crippen LogP contribution in [0.25, 0.3) is 33.8 Å². The maximum atomic E-state index is 4.77. The van der Waals surface area contributed by atoms with E-state index in [2.05, 4.69) is 22.1 Å². The molecule has 2 aromatic carbocycles. The summed E-state index contributed by atoms with van der Waals surface area (Å²) in [6.45, 7) is 0. The molecule has 24 heavy (non-hydrogen) atoms. The Hall–Kier alpha value is -3.33. The zero-order chi connectivity index (χ0) is 16.2. The Morgan fingerprint density at radius 2 is 1.25 bits per heavy atom. The van der Waals surface area contributed by atoms with Crippen molar-refractivity contribution in [1.29, 1.82) is 0 Å². The van der Waals surface area contributed by atoms with Gasteiger partial charge in [0.05, 0.1) is 5.69 Å². The second-order valence-electron chi connectivity index (χ2n) is 5.41. The zero-order valence-corrected chi connectivity index (χ0v) is 13.0. The van der Waals surface area contributed by atoms with Gasteiger partial charge in [0.1, 0.15) is 0 Å². The number of hydrogen-bond acceptors (Lipinski definition) is 3. The summed E-state index contributed by atoms with van der Waals surface area (Å²) in [6.07, 6.45) is 5.43. The topological polar surface area (TPSA) is 38.7 Å². The van der Waals surface area contributed by atoms with E-state index in [1.165, 1.54) is 0 Å². The molecule has 0 aliphatic rings. The molecule has 4 rings (SSSR count). The number of benzene rings is 2. The van der Waals surface area contributed by atoms with E-state index in [-0.39, 0.29) is 0 Å². The minimum Gasteiger partial charge on any atom is -0.265 e. The van der Waals surface area contributed by atoms with Crippen LogP contribution in [0, 0.1) is 0 Å². The van der Waals surface area contributed by atoms with E-state index in [0.29, 0.717) is 0 Å². The summed E-state index contributed by atoms with van der Waals surface area (Å²) in [5.41, 5.74) is 5.28. The van der Waals surface area contributed by atoms with Crippen molar-refractivity contribution in [3.8, 4) is 33.8 Å². The quantitative estimate of drug-likeness (QED) is 0.542. The van der Waals surface area contributed by atoms with Crippen LogP contribution in [-0.4, -0.2) is 15.0 Å². The number of nitrogens with zero attached hydrogens (tertiary/aromatic N) is 3. The summed E-state index contributed by atoms with van der Waals surface area (Å²) in [6, 6.07) is 24.3. The lowest BCUT2D eigenvalue weighted by atomic mass is 9.98. The van der Waals surface area contributed by atoms with E-state index in [9.17, 15) is 0 Å². The molecule has 0 spiro atoms. The van der Waals surface area contributed by atoms with Gasteiger partial charge in [-0.2, -0.15) is 0 Å². The van der Waals surface area contributed by atoms with Crippen molar-refractivity contribution in [1.82, 2.24) is 15.0 Å². The molecule has 0 aliphatic heterocycles. The normalized spacial score (nSPS) is 10.5. The lowest BCUT2D eigenvalue weighted by Crippen LogP contribution is -1.93. The average molecular weight is 309 g/mol. The van der Waals surface area contributed by atoms with Gasteiger partial charge in [0.2, 0.25) is 0 Å². The highest BCUT2D eigenvalue weighted by molar-refractivity contribution is 5.82. The highest BCUT2D eigenvalue weighted by Crippen LogP contribution is 2.31. The molecule has 3 nitrogen and oxygen atoms in total. The van der Waals surface area contributed by atoms with E-state index >= 15 is 0 Å². The molecule has 114 valence electrons. The van der Waals surface area contributed by atoms with Crippen LogP contribution < -0.4 is 0 Å². The maximum absolute atomic E-state index is 4.77. The molecule has 0 saturated heterocycles. The van der Waals surface area contributed by atoms with Gasteiger partial charge in [-0.05, 0) is 29.3 Å². The molecule has 4 aromatic rings. The Balaban J connectivity index is 1.84. The van der Waals surface area contributed by atoms with Crippen LogP contribution in [0.5, 0.6) is 0 Å². The summed E-state index contributed by atoms with van der Waals surface area (Å²) in [4.78, 5) is 13.3. The summed E-state index contributed by atoms with van der Waals surface area (Å²) in [5.74, 6) is 0.734. The predicted molar refractivity (Wildman–Crippen MR) is 96.1 cm³/mol. The van der Waals surface area contributed by atoms with Gasteiger partial charge < -0.3 is 0 Å². The van der Waals surface area contributed by atoms with Crippen LogP contribution >= 0.6 is 0 Å². The summed E-state index contributed by atoms with van der Waals surface area (Å²) < 4.78 is 0. The fourth-order valence-electron chi connectivity index (χ4n) is 2.72. The van der Waals surface area contributed by atoms with Crippen molar-refractivity contribution in [3.05, 3.63) is 91.4 Å². The average Bonchev–Trinajstić information content (AvgIpc) is 2.69. The highest BCUT2D eigenvalue weighted by Gasteiger charge is 2.09. The summed E-state index contributed by atoms with van der Waals surface area (Å²) in [7, 11) is 0. The van der Waals surface area contributed by atoms with Gasteiger partial charge in [-0.25, -0.2) is 9.97 Å². The van der Waals surface area contributed by atoms with E-state index in [1.807, 2.05) is 79.3 Å². The van der Waals surface area contributed by atoms with E-state index in [0.717, 1.165) is 33.8 Å². The number of hydrogen-bond donors (Lipinski definition) is 0. The number of rotatable bonds is 3. The molecule has 0 aliphatic carbocycles. The molecule has 0 unspecified atom stereocenters. The number of pyridine rings is 1. The zero-order valence-electron chi connectivity index (χ0n) is 13.0. The molecule has 0 N–H and O–H groups in total. The lowest BCUT2D eigenvalue weighted by Gasteiger charge is -2.10. The fraction of sp³-hybridized carbons (Fsp3) is 0. The van der Waals surface area contributed by atoms with Crippen LogP contribution in [-0.2, 0) is 0 Å². The molecule has 0 radical (unpaired) electrons. The third-order valence-corrected chi connectivity index (χ3v) is 3.88. The standard InChI is InChI=1S/C21H15N3/c1-2-6-17(7-3-1)21-23-15-12-20(24-21)19-9-5-4-8-18(19)16-10-13-22-14-11-16/h1-15H. The Labute approximate surface area is 140 Å². The molecule has 3 heteroatoms. The SMILES string of the molecule is c1ccc(-c2nccc(-c3ccccc3-c3ccncc3)n2)cc1. The van der Waals surface area contributed by atoms with Crippen molar-refractivity contribution in [3.63, 3.8) is 0 Å². The van der Waals surface area contributed by atoms with Crippen LogP contribution in [0.3, 0.4) is 0 Å². The van der Waals surface area contributed by atoms with Gasteiger partial charge in [0, 0.05) is 29.7 Å². The molecule has 0 amide bonds. The highest BCUT2D eigenvalue weighted by atomic mass is 14.9. The van der Waals surface area contributed by atoms with Crippen LogP contribution in [0.15, 0.2) is 91.4 Å². The third-order valence-electron chi connectivity index (χ3n) is 3.88. The van der Waals surface area contributed by atoms with Crippen molar-refractivity contribution in [2.45, 2.75) is 0 Å². The van der Waals surface area contributed by atoms with Crippen LogP contribution in [0.2, 0.25) is 0 Å².